The van der Waals surface area contributed by atoms with Gasteiger partial charge in [0.15, 0.2) is 0 Å². The van der Waals surface area contributed by atoms with Crippen LogP contribution < -0.4 is 0 Å². The zero-order chi connectivity index (χ0) is 13.7. The quantitative estimate of drug-likeness (QED) is 0.755. The molecule has 5 heteroatoms. The summed E-state index contributed by atoms with van der Waals surface area (Å²) >= 11 is 0. The van der Waals surface area contributed by atoms with Gasteiger partial charge in [-0.25, -0.2) is 4.79 Å². The molecule has 0 bridgehead atoms. The zero-order valence-electron chi connectivity index (χ0n) is 12.3. The largest absolute Gasteiger partial charge is 0.450 e. The molecule has 1 saturated heterocycles. The molecule has 1 aliphatic heterocycles. The number of rotatable bonds is 4. The van der Waals surface area contributed by atoms with E-state index in [9.17, 15) is 4.79 Å². The van der Waals surface area contributed by atoms with Crippen molar-refractivity contribution in [2.75, 3.05) is 46.9 Å². The van der Waals surface area contributed by atoms with E-state index in [4.69, 9.17) is 4.74 Å². The molecule has 2 atom stereocenters. The van der Waals surface area contributed by atoms with Crippen LogP contribution in [-0.4, -0.2) is 79.8 Å². The maximum absolute atomic E-state index is 11.7. The van der Waals surface area contributed by atoms with Gasteiger partial charge in [-0.05, 0) is 34.9 Å². The van der Waals surface area contributed by atoms with Gasteiger partial charge in [0.1, 0.15) is 0 Å². The van der Waals surface area contributed by atoms with Crippen molar-refractivity contribution >= 4 is 6.09 Å². The molecular weight excluding hydrogens is 230 g/mol. The Morgan fingerprint density at radius 3 is 2.28 bits per heavy atom. The molecule has 0 aromatic carbocycles. The maximum atomic E-state index is 11.7. The monoisotopic (exact) mass is 257 g/mol. The highest BCUT2D eigenvalue weighted by Gasteiger charge is 2.31. The third-order valence-corrected chi connectivity index (χ3v) is 3.43. The fourth-order valence-corrected chi connectivity index (χ4v) is 2.48. The number of amides is 1. The third-order valence-electron chi connectivity index (χ3n) is 3.43. The van der Waals surface area contributed by atoms with Gasteiger partial charge in [-0.1, -0.05) is 0 Å². The fourth-order valence-electron chi connectivity index (χ4n) is 2.48. The third kappa shape index (κ3) is 4.14. The van der Waals surface area contributed by atoms with E-state index in [2.05, 4.69) is 37.7 Å². The molecule has 0 saturated carbocycles. The van der Waals surface area contributed by atoms with E-state index in [0.717, 1.165) is 26.2 Å². The highest BCUT2D eigenvalue weighted by Crippen LogP contribution is 2.16. The molecule has 1 amide bonds. The number of carbonyl (C=O) groups excluding carboxylic acids is 1. The molecule has 0 radical (unpaired) electrons. The van der Waals surface area contributed by atoms with Crippen molar-refractivity contribution in [3.8, 4) is 0 Å². The summed E-state index contributed by atoms with van der Waals surface area (Å²) < 4.78 is 5.07. The first kappa shape index (κ1) is 15.2. The molecule has 0 aromatic heterocycles. The topological polar surface area (TPSA) is 36.0 Å². The molecular formula is C13H27N3O2. The molecule has 2 unspecified atom stereocenters. The second kappa shape index (κ2) is 6.95. The smallest absolute Gasteiger partial charge is 0.409 e. The van der Waals surface area contributed by atoms with Gasteiger partial charge in [-0.15, -0.1) is 0 Å². The summed E-state index contributed by atoms with van der Waals surface area (Å²) in [7, 11) is 4.17. The Bertz CT molecular complexity index is 259. The number of ether oxygens (including phenoxy) is 1. The minimum absolute atomic E-state index is 0.177. The van der Waals surface area contributed by atoms with Crippen molar-refractivity contribution < 1.29 is 9.53 Å². The van der Waals surface area contributed by atoms with E-state index in [0.29, 0.717) is 18.7 Å². The first-order valence-corrected chi connectivity index (χ1v) is 6.77. The summed E-state index contributed by atoms with van der Waals surface area (Å²) in [5, 5.41) is 0. The fraction of sp³-hybridized carbons (Fsp3) is 0.923. The molecule has 0 spiro atoms. The zero-order valence-corrected chi connectivity index (χ0v) is 12.3. The molecule has 0 N–H and O–H groups in total. The Labute approximate surface area is 111 Å². The lowest BCUT2D eigenvalue weighted by Gasteiger charge is -2.44. The lowest BCUT2D eigenvalue weighted by Crippen LogP contribution is -2.59. The van der Waals surface area contributed by atoms with Crippen molar-refractivity contribution in [2.24, 2.45) is 0 Å². The molecule has 1 rings (SSSR count). The first-order chi connectivity index (χ1) is 8.45. The van der Waals surface area contributed by atoms with Crippen LogP contribution in [0, 0.1) is 0 Å². The molecule has 0 aromatic rings. The first-order valence-electron chi connectivity index (χ1n) is 6.77. The lowest BCUT2D eigenvalue weighted by atomic mass is 10.1. The predicted octanol–water partition coefficient (Wildman–Crippen LogP) is 1.10. The average Bonchev–Trinajstić information content (AvgIpc) is 2.27. The van der Waals surface area contributed by atoms with Gasteiger partial charge in [-0.2, -0.15) is 0 Å². The van der Waals surface area contributed by atoms with Crippen LogP contribution in [0.25, 0.3) is 0 Å². The Kier molecular flexibility index (Phi) is 5.88. The highest BCUT2D eigenvalue weighted by atomic mass is 16.6. The van der Waals surface area contributed by atoms with Gasteiger partial charge >= 0.3 is 6.09 Å². The van der Waals surface area contributed by atoms with Gasteiger partial charge in [0.2, 0.25) is 0 Å². The van der Waals surface area contributed by atoms with E-state index in [1.807, 2.05) is 11.8 Å². The van der Waals surface area contributed by atoms with Crippen LogP contribution in [0.4, 0.5) is 4.79 Å². The normalized spacial score (nSPS) is 25.6. The Balaban J connectivity index is 2.51. The molecule has 0 aliphatic carbocycles. The summed E-state index contributed by atoms with van der Waals surface area (Å²) in [5.74, 6) is 0. The minimum atomic E-state index is -0.177. The van der Waals surface area contributed by atoms with Crippen LogP contribution in [-0.2, 0) is 4.74 Å². The molecule has 5 nitrogen and oxygen atoms in total. The van der Waals surface area contributed by atoms with Gasteiger partial charge < -0.3 is 14.5 Å². The molecule has 106 valence electrons. The van der Waals surface area contributed by atoms with Gasteiger partial charge in [0, 0.05) is 38.3 Å². The second-order valence-electron chi connectivity index (χ2n) is 5.34. The minimum Gasteiger partial charge on any atom is -0.450 e. The SMILES string of the molecule is CCOC(=O)N1CC(C)N(CCN(C)C)C(C)C1. The maximum Gasteiger partial charge on any atom is 0.409 e. The van der Waals surface area contributed by atoms with Gasteiger partial charge in [0.25, 0.3) is 0 Å². The van der Waals surface area contributed by atoms with Crippen LogP contribution in [0.5, 0.6) is 0 Å². The van der Waals surface area contributed by atoms with E-state index >= 15 is 0 Å². The molecule has 1 heterocycles. The van der Waals surface area contributed by atoms with Crippen molar-refractivity contribution in [1.29, 1.82) is 0 Å². The Morgan fingerprint density at radius 2 is 1.83 bits per heavy atom. The number of piperazine rings is 1. The number of likely N-dealkylation sites (N-methyl/N-ethyl adjacent to an activating group) is 1. The van der Waals surface area contributed by atoms with E-state index in [1.165, 1.54) is 0 Å². The molecule has 1 fully saturated rings. The molecule has 1 aliphatic rings. The van der Waals surface area contributed by atoms with E-state index < -0.39 is 0 Å². The summed E-state index contributed by atoms with van der Waals surface area (Å²) in [6, 6.07) is 0.774. The van der Waals surface area contributed by atoms with Gasteiger partial charge in [-0.3, -0.25) is 4.90 Å². The van der Waals surface area contributed by atoms with Crippen LogP contribution in [0.15, 0.2) is 0 Å². The van der Waals surface area contributed by atoms with Crippen LogP contribution >= 0.6 is 0 Å². The Hall–Kier alpha value is -0.810. The van der Waals surface area contributed by atoms with Crippen LogP contribution in [0.1, 0.15) is 20.8 Å². The van der Waals surface area contributed by atoms with E-state index in [-0.39, 0.29) is 6.09 Å². The van der Waals surface area contributed by atoms with Crippen molar-refractivity contribution in [3.63, 3.8) is 0 Å². The summed E-state index contributed by atoms with van der Waals surface area (Å²) in [6.45, 7) is 10.3. The van der Waals surface area contributed by atoms with Crippen LogP contribution in [0.2, 0.25) is 0 Å². The average molecular weight is 257 g/mol. The van der Waals surface area contributed by atoms with Crippen molar-refractivity contribution in [3.05, 3.63) is 0 Å². The predicted molar refractivity (Wildman–Crippen MR) is 72.8 cm³/mol. The molecule has 18 heavy (non-hydrogen) atoms. The second-order valence-corrected chi connectivity index (χ2v) is 5.34. The number of hydrogen-bond acceptors (Lipinski definition) is 4. The highest BCUT2D eigenvalue weighted by molar-refractivity contribution is 5.67. The summed E-state index contributed by atoms with van der Waals surface area (Å²) in [5.41, 5.74) is 0. The summed E-state index contributed by atoms with van der Waals surface area (Å²) in [4.78, 5) is 18.2. The number of nitrogens with zero attached hydrogens (tertiary/aromatic N) is 3. The van der Waals surface area contributed by atoms with Crippen molar-refractivity contribution in [1.82, 2.24) is 14.7 Å². The van der Waals surface area contributed by atoms with E-state index in [1.54, 1.807) is 0 Å². The number of carbonyl (C=O) groups is 1. The number of hydrogen-bond donors (Lipinski definition) is 0. The van der Waals surface area contributed by atoms with Crippen LogP contribution in [0.3, 0.4) is 0 Å². The summed E-state index contributed by atoms with van der Waals surface area (Å²) in [6.07, 6.45) is -0.177. The van der Waals surface area contributed by atoms with Crippen molar-refractivity contribution in [2.45, 2.75) is 32.9 Å². The standard InChI is InChI=1S/C13H27N3O2/c1-6-18-13(17)15-9-11(2)16(12(3)10-15)8-7-14(4)5/h11-12H,6-10H2,1-5H3. The lowest BCUT2D eigenvalue weighted by molar-refractivity contribution is 0.0262. The Morgan fingerprint density at radius 1 is 1.28 bits per heavy atom. The van der Waals surface area contributed by atoms with Gasteiger partial charge in [0.05, 0.1) is 6.61 Å².